The molecule has 152 valence electrons. The molecule has 0 fully saturated rings. The van der Waals surface area contributed by atoms with Crippen LogP contribution in [0.5, 0.6) is 17.2 Å². The van der Waals surface area contributed by atoms with Crippen molar-refractivity contribution in [3.05, 3.63) is 60.4 Å². The molecular weight excluding hydrogens is 370 g/mol. The lowest BCUT2D eigenvalue weighted by Gasteiger charge is -2.17. The Hall–Kier alpha value is -3.48. The van der Waals surface area contributed by atoms with Gasteiger partial charge in [-0.15, -0.1) is 0 Å². The van der Waals surface area contributed by atoms with E-state index in [0.29, 0.717) is 48.3 Å². The molecule has 0 aliphatic rings. The zero-order chi connectivity index (χ0) is 20.6. The number of carbonyl (C=O) groups is 1. The smallest absolute Gasteiger partial charge is 0.256 e. The Morgan fingerprint density at radius 1 is 0.966 bits per heavy atom. The van der Waals surface area contributed by atoms with Gasteiger partial charge in [-0.1, -0.05) is 18.2 Å². The van der Waals surface area contributed by atoms with Gasteiger partial charge in [-0.3, -0.25) is 4.79 Å². The predicted molar refractivity (Wildman–Crippen MR) is 111 cm³/mol. The van der Waals surface area contributed by atoms with E-state index in [1.807, 2.05) is 51.1 Å². The van der Waals surface area contributed by atoms with Crippen molar-refractivity contribution in [1.82, 2.24) is 9.78 Å². The van der Waals surface area contributed by atoms with Gasteiger partial charge in [-0.25, -0.2) is 4.68 Å². The minimum Gasteiger partial charge on any atom is -0.490 e. The third kappa shape index (κ3) is 4.87. The highest BCUT2D eigenvalue weighted by atomic mass is 16.5. The van der Waals surface area contributed by atoms with Crippen molar-refractivity contribution in [3.63, 3.8) is 0 Å². The lowest BCUT2D eigenvalue weighted by atomic mass is 10.1. The summed E-state index contributed by atoms with van der Waals surface area (Å²) in [4.78, 5) is 12.8. The molecule has 2 aromatic carbocycles. The highest BCUT2D eigenvalue weighted by Crippen LogP contribution is 2.39. The number of carbonyl (C=O) groups excluding carboxylic acids is 1. The van der Waals surface area contributed by atoms with Gasteiger partial charge >= 0.3 is 0 Å². The van der Waals surface area contributed by atoms with Gasteiger partial charge in [0.15, 0.2) is 11.5 Å². The molecule has 0 saturated carbocycles. The number of ether oxygens (including phenoxy) is 3. The predicted octanol–water partition coefficient (Wildman–Crippen LogP) is 4.32. The quantitative estimate of drug-likeness (QED) is 0.584. The standard InChI is InChI=1S/C22H25N3O4/c1-4-27-19-12-16(13-20(28-5-2)21(19)29-6-3)22(26)24-17-14-23-25(15-17)18-10-8-7-9-11-18/h7-15H,4-6H2,1-3H3,(H,24,26). The van der Waals surface area contributed by atoms with Gasteiger partial charge in [0.05, 0.1) is 43.6 Å². The summed E-state index contributed by atoms with van der Waals surface area (Å²) in [5.74, 6) is 1.17. The molecule has 1 aromatic heterocycles. The third-order valence-corrected chi connectivity index (χ3v) is 4.03. The summed E-state index contributed by atoms with van der Waals surface area (Å²) in [5, 5.41) is 7.16. The van der Waals surface area contributed by atoms with Crippen LogP contribution in [-0.2, 0) is 0 Å². The summed E-state index contributed by atoms with van der Waals surface area (Å²) in [6, 6.07) is 13.0. The monoisotopic (exact) mass is 395 g/mol. The number of amides is 1. The second-order valence-electron chi connectivity index (χ2n) is 6.06. The average Bonchev–Trinajstić information content (AvgIpc) is 3.19. The molecule has 7 nitrogen and oxygen atoms in total. The normalized spacial score (nSPS) is 10.4. The first-order valence-corrected chi connectivity index (χ1v) is 9.64. The first-order valence-electron chi connectivity index (χ1n) is 9.64. The van der Waals surface area contributed by atoms with Crippen LogP contribution in [0, 0.1) is 0 Å². The second kappa shape index (κ2) is 9.64. The number of para-hydroxylation sites is 1. The summed E-state index contributed by atoms with van der Waals surface area (Å²) < 4.78 is 18.7. The Labute approximate surface area is 170 Å². The van der Waals surface area contributed by atoms with E-state index in [4.69, 9.17) is 14.2 Å². The van der Waals surface area contributed by atoms with E-state index in [9.17, 15) is 4.79 Å². The van der Waals surface area contributed by atoms with Crippen LogP contribution in [0.4, 0.5) is 5.69 Å². The van der Waals surface area contributed by atoms with Gasteiger partial charge < -0.3 is 19.5 Å². The van der Waals surface area contributed by atoms with Crippen LogP contribution in [0.15, 0.2) is 54.9 Å². The number of nitrogens with zero attached hydrogens (tertiary/aromatic N) is 2. The molecule has 7 heteroatoms. The summed E-state index contributed by atoms with van der Waals surface area (Å²) in [6.07, 6.45) is 3.36. The first kappa shape index (κ1) is 20.3. The number of hydrogen-bond acceptors (Lipinski definition) is 5. The summed E-state index contributed by atoms with van der Waals surface area (Å²) in [7, 11) is 0. The minimum absolute atomic E-state index is 0.289. The molecule has 0 radical (unpaired) electrons. The topological polar surface area (TPSA) is 74.6 Å². The van der Waals surface area contributed by atoms with Crippen molar-refractivity contribution >= 4 is 11.6 Å². The molecule has 0 atom stereocenters. The molecule has 0 unspecified atom stereocenters. The zero-order valence-electron chi connectivity index (χ0n) is 16.8. The van der Waals surface area contributed by atoms with E-state index in [0.717, 1.165) is 5.69 Å². The molecule has 3 aromatic rings. The summed E-state index contributed by atoms with van der Waals surface area (Å²) >= 11 is 0. The fourth-order valence-corrected chi connectivity index (χ4v) is 2.83. The third-order valence-electron chi connectivity index (χ3n) is 4.03. The maximum absolute atomic E-state index is 12.8. The number of nitrogens with one attached hydrogen (secondary N) is 1. The Bertz CT molecular complexity index is 927. The van der Waals surface area contributed by atoms with E-state index < -0.39 is 0 Å². The molecule has 0 spiro atoms. The minimum atomic E-state index is -0.289. The second-order valence-corrected chi connectivity index (χ2v) is 6.06. The Balaban J connectivity index is 1.85. The Morgan fingerprint density at radius 3 is 2.17 bits per heavy atom. The van der Waals surface area contributed by atoms with Crippen LogP contribution in [0.3, 0.4) is 0 Å². The zero-order valence-corrected chi connectivity index (χ0v) is 16.8. The molecule has 0 aliphatic carbocycles. The molecule has 0 saturated heterocycles. The fraction of sp³-hybridized carbons (Fsp3) is 0.273. The van der Waals surface area contributed by atoms with E-state index in [2.05, 4.69) is 10.4 Å². The van der Waals surface area contributed by atoms with E-state index in [-0.39, 0.29) is 5.91 Å². The van der Waals surface area contributed by atoms with Crippen molar-refractivity contribution in [2.45, 2.75) is 20.8 Å². The molecule has 0 bridgehead atoms. The maximum Gasteiger partial charge on any atom is 0.256 e. The molecule has 0 aliphatic heterocycles. The van der Waals surface area contributed by atoms with Gasteiger partial charge in [-0.2, -0.15) is 5.10 Å². The van der Waals surface area contributed by atoms with E-state index in [1.165, 1.54) is 0 Å². The fourth-order valence-electron chi connectivity index (χ4n) is 2.83. The van der Waals surface area contributed by atoms with Gasteiger partial charge in [0.1, 0.15) is 0 Å². The van der Waals surface area contributed by atoms with Crippen LogP contribution >= 0.6 is 0 Å². The highest BCUT2D eigenvalue weighted by Gasteiger charge is 2.19. The number of hydrogen-bond donors (Lipinski definition) is 1. The van der Waals surface area contributed by atoms with Gasteiger partial charge in [0.2, 0.25) is 5.75 Å². The molecule has 1 heterocycles. The van der Waals surface area contributed by atoms with Crippen molar-refractivity contribution in [2.75, 3.05) is 25.1 Å². The van der Waals surface area contributed by atoms with Gasteiger partial charge in [0.25, 0.3) is 5.91 Å². The van der Waals surface area contributed by atoms with Gasteiger partial charge in [-0.05, 0) is 45.0 Å². The highest BCUT2D eigenvalue weighted by molar-refractivity contribution is 6.05. The van der Waals surface area contributed by atoms with Crippen LogP contribution in [0.2, 0.25) is 0 Å². The molecule has 3 rings (SSSR count). The van der Waals surface area contributed by atoms with Crippen LogP contribution in [0.25, 0.3) is 5.69 Å². The largest absolute Gasteiger partial charge is 0.490 e. The van der Waals surface area contributed by atoms with Crippen molar-refractivity contribution < 1.29 is 19.0 Å². The SMILES string of the molecule is CCOc1cc(C(=O)Nc2cnn(-c3ccccc3)c2)cc(OCC)c1OCC. The lowest BCUT2D eigenvalue weighted by Crippen LogP contribution is -2.13. The maximum atomic E-state index is 12.8. The summed E-state index contributed by atoms with van der Waals surface area (Å²) in [5.41, 5.74) is 1.91. The number of aromatic nitrogens is 2. The van der Waals surface area contributed by atoms with Crippen molar-refractivity contribution in [1.29, 1.82) is 0 Å². The van der Waals surface area contributed by atoms with E-state index in [1.54, 1.807) is 29.2 Å². The number of rotatable bonds is 9. The van der Waals surface area contributed by atoms with Crippen molar-refractivity contribution in [3.8, 4) is 22.9 Å². The molecular formula is C22H25N3O4. The van der Waals surface area contributed by atoms with E-state index >= 15 is 0 Å². The molecule has 1 N–H and O–H groups in total. The van der Waals surface area contributed by atoms with Crippen molar-refractivity contribution in [2.24, 2.45) is 0 Å². The van der Waals surface area contributed by atoms with Crippen LogP contribution in [-0.4, -0.2) is 35.5 Å². The van der Waals surface area contributed by atoms with Crippen LogP contribution in [0.1, 0.15) is 31.1 Å². The van der Waals surface area contributed by atoms with Crippen LogP contribution < -0.4 is 19.5 Å². The lowest BCUT2D eigenvalue weighted by molar-refractivity contribution is 0.102. The average molecular weight is 395 g/mol. The first-order chi connectivity index (χ1) is 14.2. The number of benzene rings is 2. The molecule has 29 heavy (non-hydrogen) atoms. The Morgan fingerprint density at radius 2 is 1.59 bits per heavy atom. The van der Waals surface area contributed by atoms with Gasteiger partial charge in [0, 0.05) is 5.56 Å². The Kier molecular flexibility index (Phi) is 6.73. The molecule has 1 amide bonds. The summed E-state index contributed by atoms with van der Waals surface area (Å²) in [6.45, 7) is 6.99. The number of anilines is 1.